The molecule has 0 fully saturated rings. The minimum absolute atomic E-state index is 0. The zero-order valence-corrected chi connectivity index (χ0v) is 16.9. The number of aryl methyl sites for hydroxylation is 1. The number of rotatable bonds is 1. The summed E-state index contributed by atoms with van der Waals surface area (Å²) in [6.45, 7) is 0. The summed E-state index contributed by atoms with van der Waals surface area (Å²) in [6, 6.07) is 14.8. The maximum Gasteiger partial charge on any atom is 0.501 e. The van der Waals surface area contributed by atoms with Crippen molar-refractivity contribution < 1.29 is 21.6 Å². The molecule has 1 aromatic heterocycles. The molecule has 0 spiro atoms. The normalized spacial score (nSPS) is 12.1. The minimum atomic E-state index is -5.36. The van der Waals surface area contributed by atoms with E-state index in [9.17, 15) is 21.6 Å². The van der Waals surface area contributed by atoms with E-state index in [1.165, 1.54) is 6.07 Å². The Morgan fingerprint density at radius 1 is 0.889 bits per heavy atom. The molecule has 0 saturated carbocycles. The molecule has 0 aliphatic heterocycles. The van der Waals surface area contributed by atoms with Crippen molar-refractivity contribution in [2.24, 2.45) is 7.05 Å². The first-order chi connectivity index (χ1) is 11.7. The fraction of sp³-hybridized carbons (Fsp3) is 0.111. The summed E-state index contributed by atoms with van der Waals surface area (Å²) in [5.74, 6) is 0. The Hall–Kier alpha value is -3.48. The number of alkyl halides is 3. The predicted octanol–water partition coefficient (Wildman–Crippen LogP) is 4.40. The van der Waals surface area contributed by atoms with Gasteiger partial charge in [-0.05, 0) is 23.6 Å². The topological polar surface area (TPSA) is 39.1 Å². The SMILES string of the molecule is Cn1c2ccccc2c2ccc3cc(S(=O)(=O)C(F)(F)F)ccc3c21.[B].[No]. The van der Waals surface area contributed by atoms with Crippen molar-refractivity contribution >= 4 is 50.8 Å². The number of aromatic nitrogens is 1. The maximum atomic E-state index is 12.8. The zero-order valence-electron chi connectivity index (χ0n) is 13.8. The Bertz CT molecular complexity index is 1270. The number of hydrogen-bond donors (Lipinski definition) is 0. The molecule has 145 valence electrons. The molecule has 0 N–H and O–H groups in total. The molecule has 4 rings (SSSR count). The van der Waals surface area contributed by atoms with Gasteiger partial charge in [0.2, 0.25) is 0 Å². The van der Waals surface area contributed by atoms with E-state index < -0.39 is 20.2 Å². The van der Waals surface area contributed by atoms with Gasteiger partial charge >= 0.3 is 5.51 Å². The summed E-state index contributed by atoms with van der Waals surface area (Å²) in [5.41, 5.74) is -3.46. The van der Waals surface area contributed by atoms with Crippen molar-refractivity contribution in [1.82, 2.24) is 4.57 Å². The molecule has 3 radical (unpaired) electrons. The molecule has 0 atom stereocenters. The van der Waals surface area contributed by atoms with Crippen LogP contribution in [-0.4, -0.2) is 26.9 Å². The van der Waals surface area contributed by atoms with Crippen LogP contribution in [0.3, 0.4) is 0 Å². The van der Waals surface area contributed by atoms with Gasteiger partial charge in [-0.15, -0.1) is 0 Å². The zero-order chi connectivity index (χ0) is 18.0. The van der Waals surface area contributed by atoms with Crippen LogP contribution in [0, 0.1) is 0 Å². The third-order valence-electron chi connectivity index (χ3n) is 4.47. The second-order valence-corrected chi connectivity index (χ2v) is 7.81. The standard InChI is InChI=1S/C18H12F3NO2S.B.No/c1-22-16-5-3-2-4-14(16)15-8-6-11-10-12(7-9-13(11)17(15)22)25(23,24)18(19,20)21;;/h2-10H,1H3;;. The number of sulfone groups is 1. The van der Waals surface area contributed by atoms with Crippen molar-refractivity contribution in [3.8, 4) is 0 Å². The van der Waals surface area contributed by atoms with E-state index in [1.807, 2.05) is 41.9 Å². The number of benzene rings is 3. The number of para-hydroxylation sites is 1. The second-order valence-electron chi connectivity index (χ2n) is 5.87. The molecule has 0 saturated heterocycles. The average molecular weight is 633 g/mol. The Balaban J connectivity index is 0.00000131. The molecular weight excluding hydrogens is 621 g/mol. The quantitative estimate of drug-likeness (QED) is 0.292. The van der Waals surface area contributed by atoms with Crippen LogP contribution in [0.2, 0.25) is 0 Å². The molecule has 4 aromatic rings. The number of nitrogens with zero attached hydrogens (tertiary/aromatic N) is 1. The first kappa shape index (κ1) is 19.8. The minimum Gasteiger partial charge on any atom is -0.343 e. The third kappa shape index (κ3) is 2.59. The van der Waals surface area contributed by atoms with Crippen LogP contribution < -0.4 is 0 Å². The van der Waals surface area contributed by atoms with E-state index in [2.05, 4.69) is 0 Å². The summed E-state index contributed by atoms with van der Waals surface area (Å²) in [4.78, 5) is -0.745. The van der Waals surface area contributed by atoms with Crippen molar-refractivity contribution in [3.05, 3.63) is 54.6 Å². The Morgan fingerprint density at radius 2 is 1.52 bits per heavy atom. The molecule has 9 heteroatoms. The largest absolute Gasteiger partial charge is 0.501 e. The number of halogens is 3. The van der Waals surface area contributed by atoms with Crippen LogP contribution in [0.25, 0.3) is 32.6 Å². The first-order valence-electron chi connectivity index (χ1n) is 7.43. The Morgan fingerprint density at radius 3 is 2.19 bits per heavy atom. The van der Waals surface area contributed by atoms with Gasteiger partial charge in [-0.25, -0.2) is 8.42 Å². The predicted molar refractivity (Wildman–Crippen MR) is 96.9 cm³/mol. The van der Waals surface area contributed by atoms with Gasteiger partial charge in [0.1, 0.15) is 0 Å². The fourth-order valence-corrected chi connectivity index (χ4v) is 4.08. The van der Waals surface area contributed by atoms with Crippen LogP contribution in [0.4, 0.5) is 13.2 Å². The smallest absolute Gasteiger partial charge is 0.343 e. The average Bonchev–Trinajstić information content (AvgIpc) is 2.87. The van der Waals surface area contributed by atoms with Crippen LogP contribution >= 0.6 is 0 Å². The molecule has 0 unspecified atom stereocenters. The van der Waals surface area contributed by atoms with E-state index in [0.717, 1.165) is 33.9 Å². The van der Waals surface area contributed by atoms with Gasteiger partial charge in [0, 0.05) is 37.1 Å². The van der Waals surface area contributed by atoms with Crippen LogP contribution in [0.15, 0.2) is 59.5 Å². The number of fused-ring (bicyclic) bond motifs is 5. The molecule has 1 heterocycles. The van der Waals surface area contributed by atoms with Gasteiger partial charge in [0.15, 0.2) is 0 Å². The molecule has 3 aromatic carbocycles. The maximum absolute atomic E-state index is 12.8. The van der Waals surface area contributed by atoms with E-state index in [1.54, 1.807) is 6.07 Å². The van der Waals surface area contributed by atoms with Crippen LogP contribution in [-0.2, 0) is 16.9 Å². The first-order valence-corrected chi connectivity index (χ1v) is 8.91. The summed E-state index contributed by atoms with van der Waals surface area (Å²) in [7, 11) is -3.48. The molecule has 3 nitrogen and oxygen atoms in total. The molecular formula is C18H12BF3NNoO2S. The third-order valence-corrected chi connectivity index (χ3v) is 5.95. The molecule has 0 aliphatic carbocycles. The summed E-state index contributed by atoms with van der Waals surface area (Å²) in [5, 5.41) is 3.16. The Kier molecular flexibility index (Phi) is 4.45. The van der Waals surface area contributed by atoms with E-state index in [4.69, 9.17) is 0 Å². The fourth-order valence-electron chi connectivity index (χ4n) is 3.29. The summed E-state index contributed by atoms with van der Waals surface area (Å²) in [6.07, 6.45) is 0. The number of hydrogen-bond acceptors (Lipinski definition) is 2. The van der Waals surface area contributed by atoms with Gasteiger partial charge < -0.3 is 4.57 Å². The second kappa shape index (κ2) is 6.05. The van der Waals surface area contributed by atoms with Crippen LogP contribution in [0.1, 0.15) is 0 Å². The van der Waals surface area contributed by atoms with Gasteiger partial charge in [-0.1, -0.05) is 36.4 Å². The van der Waals surface area contributed by atoms with Gasteiger partial charge in [0.25, 0.3) is 9.84 Å². The van der Waals surface area contributed by atoms with E-state index in [0.29, 0.717) is 10.8 Å². The van der Waals surface area contributed by atoms with Crippen LogP contribution in [0.5, 0.6) is 0 Å². The molecule has 0 aliphatic rings. The van der Waals surface area contributed by atoms with Gasteiger partial charge in [-0.3, -0.25) is 0 Å². The van der Waals surface area contributed by atoms with Crippen molar-refractivity contribution in [1.29, 1.82) is 0 Å². The van der Waals surface area contributed by atoms with E-state index >= 15 is 0 Å². The molecule has 0 bridgehead atoms. The van der Waals surface area contributed by atoms with Crippen molar-refractivity contribution in [3.63, 3.8) is 0 Å². The monoisotopic (exact) mass is 633 g/mol. The molecule has 27 heavy (non-hydrogen) atoms. The molecule has 0 amide bonds. The van der Waals surface area contributed by atoms with Gasteiger partial charge in [-0.2, -0.15) is 13.2 Å². The Labute approximate surface area is 149 Å². The van der Waals surface area contributed by atoms with Gasteiger partial charge in [0.05, 0.1) is 10.4 Å². The van der Waals surface area contributed by atoms with E-state index in [-0.39, 0.29) is 8.41 Å². The summed E-state index contributed by atoms with van der Waals surface area (Å²) >= 11 is 0. The van der Waals surface area contributed by atoms with Crippen molar-refractivity contribution in [2.75, 3.05) is 0 Å². The summed E-state index contributed by atoms with van der Waals surface area (Å²) < 4.78 is 63.6. The van der Waals surface area contributed by atoms with Crippen molar-refractivity contribution in [2.45, 2.75) is 10.4 Å².